The molecule has 1 aliphatic heterocycles. The number of hydrogen-bond acceptors (Lipinski definition) is 13. The standard InChI is InChI=1S/C60H109N11O12S/c1-20-36(16)47(69-55(77)45(34(12)13)66-54(76)43(61)32(8)9)57(79)62-39(25-27-84-19)50(72)63-40(28-30(4)5)51(73)65-44(33(10)11)56(78)70-49(38(18)22-3)59(81)71-26-23-24-42(71)53(75)64-41(29-31(6)7)52(74)68-48(37(17)21-2)58(80)67-46(35(14)15)60(82)83/h30-49H,20-29,61H2,1-19H3,(H,62,79)(H,63,72)(H,64,75)(H,65,73)(H,66,76)(H,67,80)(H,68,74)(H,69,77)(H,70,78)(H,82,83)/t36-,37-,38-,39-,40-,41-,42-,43-,44-,45-,46-,47-,48-,49-/m0/s1. The number of carboxylic acids is 1. The van der Waals surface area contributed by atoms with Crippen molar-refractivity contribution in [3.63, 3.8) is 0 Å². The number of carboxylic acid groups (broad SMARTS) is 1. The highest BCUT2D eigenvalue weighted by Gasteiger charge is 2.43. The van der Waals surface area contributed by atoms with E-state index in [2.05, 4.69) is 47.9 Å². The molecule has 1 heterocycles. The van der Waals surface area contributed by atoms with Crippen LogP contribution in [0.1, 0.15) is 176 Å². The summed E-state index contributed by atoms with van der Waals surface area (Å²) in [5, 5.41) is 34.9. The number of likely N-dealkylation sites (tertiary alicyclic amines) is 1. The number of hydrogen-bond donors (Lipinski definition) is 11. The van der Waals surface area contributed by atoms with Crippen LogP contribution in [0.4, 0.5) is 0 Å². The second kappa shape index (κ2) is 37.1. The Kier molecular flexibility index (Phi) is 33.8. The van der Waals surface area contributed by atoms with Crippen molar-refractivity contribution in [1.29, 1.82) is 0 Å². The number of nitrogens with zero attached hydrogens (tertiary/aromatic N) is 1. The molecular formula is C60H109N11O12S. The summed E-state index contributed by atoms with van der Waals surface area (Å²) in [5.41, 5.74) is 6.08. The van der Waals surface area contributed by atoms with Crippen LogP contribution in [0.15, 0.2) is 0 Å². The maximum Gasteiger partial charge on any atom is 0.326 e. The fourth-order valence-electron chi connectivity index (χ4n) is 9.65. The number of nitrogens with two attached hydrogens (primary N) is 1. The van der Waals surface area contributed by atoms with E-state index >= 15 is 0 Å². The van der Waals surface area contributed by atoms with Crippen LogP contribution in [-0.2, 0) is 52.7 Å². The number of carbonyl (C=O) groups is 11. The summed E-state index contributed by atoms with van der Waals surface area (Å²) in [6.45, 7) is 32.4. The van der Waals surface area contributed by atoms with Gasteiger partial charge >= 0.3 is 5.97 Å². The number of thioether (sulfide) groups is 1. The monoisotopic (exact) mass is 1210 g/mol. The SMILES string of the molecule is CC[C@H](C)[C@H](NC(=O)[C@H](CC(C)C)NC(=O)[C@@H]1CCCN1C(=O)[C@@H](NC(=O)[C@@H](NC(=O)[C@H](CC(C)C)NC(=O)[C@H](CCSC)NC(=O)[C@@H](NC(=O)[C@@H](NC(=O)[C@@H](N)C(C)C)C(C)C)[C@@H](C)CC)C(C)C)[C@@H](C)CC)C(=O)N[C@H](C(=O)O)C(C)C. The van der Waals surface area contributed by atoms with Crippen molar-refractivity contribution in [3.8, 4) is 0 Å². The van der Waals surface area contributed by atoms with Gasteiger partial charge in [0.2, 0.25) is 59.1 Å². The van der Waals surface area contributed by atoms with E-state index in [4.69, 9.17) is 5.73 Å². The molecular weight excluding hydrogens is 1100 g/mol. The van der Waals surface area contributed by atoms with Gasteiger partial charge in [0, 0.05) is 6.54 Å². The number of aliphatic carboxylic acids is 1. The minimum atomic E-state index is -1.21. The molecule has 0 spiro atoms. The first-order valence-electron chi connectivity index (χ1n) is 30.6. The lowest BCUT2D eigenvalue weighted by Gasteiger charge is -2.34. The smallest absolute Gasteiger partial charge is 0.326 e. The molecule has 0 aromatic heterocycles. The molecule has 482 valence electrons. The Morgan fingerprint density at radius 1 is 0.464 bits per heavy atom. The molecule has 24 heteroatoms. The number of carbonyl (C=O) groups excluding carboxylic acids is 10. The van der Waals surface area contributed by atoms with E-state index in [-0.39, 0.29) is 55.9 Å². The van der Waals surface area contributed by atoms with Crippen LogP contribution in [0.5, 0.6) is 0 Å². The van der Waals surface area contributed by atoms with Gasteiger partial charge in [-0.05, 0) is 97.4 Å². The maximum absolute atomic E-state index is 14.7. The molecule has 23 nitrogen and oxygen atoms in total. The van der Waals surface area contributed by atoms with E-state index < -0.39 is 161 Å². The first-order valence-corrected chi connectivity index (χ1v) is 32.0. The predicted molar refractivity (Wildman–Crippen MR) is 327 cm³/mol. The minimum Gasteiger partial charge on any atom is -0.480 e. The molecule has 0 aliphatic carbocycles. The molecule has 0 saturated carbocycles. The Bertz CT molecular complexity index is 2200. The van der Waals surface area contributed by atoms with Crippen molar-refractivity contribution in [2.75, 3.05) is 18.6 Å². The highest BCUT2D eigenvalue weighted by molar-refractivity contribution is 7.98. The maximum atomic E-state index is 14.7. The quantitative estimate of drug-likeness (QED) is 0.0425. The third-order valence-electron chi connectivity index (χ3n) is 15.9. The van der Waals surface area contributed by atoms with E-state index in [1.165, 1.54) is 16.7 Å². The average molecular weight is 1210 g/mol. The van der Waals surface area contributed by atoms with Gasteiger partial charge in [-0.2, -0.15) is 11.8 Å². The van der Waals surface area contributed by atoms with E-state index in [0.29, 0.717) is 31.4 Å². The third kappa shape index (κ3) is 24.1. The number of nitrogens with one attached hydrogen (secondary N) is 9. The van der Waals surface area contributed by atoms with Gasteiger partial charge in [0.25, 0.3) is 0 Å². The molecule has 0 aromatic rings. The van der Waals surface area contributed by atoms with E-state index in [0.717, 1.165) is 0 Å². The normalized spacial score (nSPS) is 18.2. The lowest BCUT2D eigenvalue weighted by atomic mass is 9.95. The lowest BCUT2D eigenvalue weighted by molar-refractivity contribution is -0.144. The van der Waals surface area contributed by atoms with Crippen LogP contribution in [-0.4, -0.2) is 160 Å². The Labute approximate surface area is 505 Å². The number of rotatable bonds is 37. The zero-order valence-electron chi connectivity index (χ0n) is 54.0. The van der Waals surface area contributed by atoms with Crippen LogP contribution in [0, 0.1) is 53.3 Å². The highest BCUT2D eigenvalue weighted by Crippen LogP contribution is 2.23. The Hall–Kier alpha value is -5.52. The van der Waals surface area contributed by atoms with Crippen LogP contribution < -0.4 is 53.6 Å². The van der Waals surface area contributed by atoms with E-state index in [1.54, 1.807) is 76.2 Å². The summed E-state index contributed by atoms with van der Waals surface area (Å²) in [6.07, 6.45) is 4.43. The van der Waals surface area contributed by atoms with Gasteiger partial charge in [0.1, 0.15) is 60.4 Å². The zero-order chi connectivity index (χ0) is 64.6. The molecule has 1 saturated heterocycles. The Morgan fingerprint density at radius 2 is 0.821 bits per heavy atom. The Balaban J connectivity index is 3.49. The van der Waals surface area contributed by atoms with Gasteiger partial charge < -0.3 is 63.6 Å². The van der Waals surface area contributed by atoms with Gasteiger partial charge in [0.05, 0.1) is 6.04 Å². The third-order valence-corrected chi connectivity index (χ3v) is 16.5. The van der Waals surface area contributed by atoms with Gasteiger partial charge in [-0.1, -0.05) is 144 Å². The van der Waals surface area contributed by atoms with Crippen LogP contribution >= 0.6 is 11.8 Å². The van der Waals surface area contributed by atoms with Gasteiger partial charge in [-0.15, -0.1) is 0 Å². The van der Waals surface area contributed by atoms with Crippen molar-refractivity contribution in [1.82, 2.24) is 52.8 Å². The highest BCUT2D eigenvalue weighted by atomic mass is 32.2. The van der Waals surface area contributed by atoms with Gasteiger partial charge in [0.15, 0.2) is 0 Å². The second-order valence-corrected chi connectivity index (χ2v) is 26.3. The van der Waals surface area contributed by atoms with Crippen molar-refractivity contribution in [2.45, 2.75) is 242 Å². The lowest BCUT2D eigenvalue weighted by Crippen LogP contribution is -2.62. The van der Waals surface area contributed by atoms with Crippen LogP contribution in [0.25, 0.3) is 0 Å². The summed E-state index contributed by atoms with van der Waals surface area (Å²) in [4.78, 5) is 154. The van der Waals surface area contributed by atoms with Gasteiger partial charge in [-0.3, -0.25) is 47.9 Å². The molecule has 1 fully saturated rings. The molecule has 0 bridgehead atoms. The van der Waals surface area contributed by atoms with Crippen molar-refractivity contribution < 1.29 is 57.8 Å². The molecule has 12 N–H and O–H groups in total. The molecule has 0 unspecified atom stereocenters. The first-order chi connectivity index (χ1) is 39.1. The summed E-state index contributed by atoms with van der Waals surface area (Å²) >= 11 is 1.44. The molecule has 0 aromatic carbocycles. The minimum absolute atomic E-state index is 0.0983. The van der Waals surface area contributed by atoms with Crippen molar-refractivity contribution >= 4 is 76.8 Å². The fourth-order valence-corrected chi connectivity index (χ4v) is 10.1. The molecule has 14 atom stereocenters. The summed E-state index contributed by atoms with van der Waals surface area (Å²) in [7, 11) is 0. The molecule has 10 amide bonds. The van der Waals surface area contributed by atoms with Gasteiger partial charge in [-0.25, -0.2) is 4.79 Å². The largest absolute Gasteiger partial charge is 0.480 e. The molecule has 0 radical (unpaired) electrons. The zero-order valence-corrected chi connectivity index (χ0v) is 54.8. The van der Waals surface area contributed by atoms with Crippen molar-refractivity contribution in [2.24, 2.45) is 59.0 Å². The van der Waals surface area contributed by atoms with Crippen molar-refractivity contribution in [3.05, 3.63) is 0 Å². The van der Waals surface area contributed by atoms with Crippen LogP contribution in [0.3, 0.4) is 0 Å². The molecule has 1 aliphatic rings. The molecule has 1 rings (SSSR count). The second-order valence-electron chi connectivity index (χ2n) is 25.3. The summed E-state index contributed by atoms with van der Waals surface area (Å²) in [5.74, 6) is -9.95. The predicted octanol–water partition coefficient (Wildman–Crippen LogP) is 3.36. The fraction of sp³-hybridized carbons (Fsp3) is 0.817. The Morgan fingerprint density at radius 3 is 1.24 bits per heavy atom. The van der Waals surface area contributed by atoms with Crippen LogP contribution in [0.2, 0.25) is 0 Å². The van der Waals surface area contributed by atoms with E-state index in [9.17, 15) is 57.8 Å². The molecule has 84 heavy (non-hydrogen) atoms. The first kappa shape index (κ1) is 76.5. The topological polar surface area (TPSA) is 346 Å². The average Bonchev–Trinajstić information content (AvgIpc) is 4.16. The summed E-state index contributed by atoms with van der Waals surface area (Å²) < 4.78 is 0. The summed E-state index contributed by atoms with van der Waals surface area (Å²) in [6, 6.07) is -12.1. The number of amides is 10. The van der Waals surface area contributed by atoms with E-state index in [1.807, 2.05) is 54.7 Å².